The Labute approximate surface area is 162 Å². The monoisotopic (exact) mass is 382 g/mol. The summed E-state index contributed by atoms with van der Waals surface area (Å²) >= 11 is 0. The number of allylic oxidation sites excluding steroid dienone is 2. The molecule has 0 aliphatic heterocycles. The van der Waals surface area contributed by atoms with Gasteiger partial charge in [0.15, 0.2) is 5.78 Å². The number of nitrogens with zero attached hydrogens (tertiary/aromatic N) is 1. The van der Waals surface area contributed by atoms with Gasteiger partial charge in [-0.05, 0) is 31.0 Å². The average Bonchev–Trinajstić information content (AvgIpc) is 3.05. The van der Waals surface area contributed by atoms with Gasteiger partial charge in [0.05, 0.1) is 11.3 Å². The Morgan fingerprint density at radius 3 is 2.57 bits per heavy atom. The number of carbonyl (C=O) groups is 3. The molecule has 0 unspecified atom stereocenters. The maximum absolute atomic E-state index is 12.9. The second-order valence-electron chi connectivity index (χ2n) is 6.54. The van der Waals surface area contributed by atoms with Crippen molar-refractivity contribution < 1.29 is 24.2 Å². The van der Waals surface area contributed by atoms with Crippen LogP contribution in [0.3, 0.4) is 0 Å². The Hall–Kier alpha value is -3.35. The second kappa shape index (κ2) is 8.12. The average molecular weight is 382 g/mol. The van der Waals surface area contributed by atoms with Gasteiger partial charge in [-0.2, -0.15) is 0 Å². The third-order valence-corrected chi connectivity index (χ3v) is 4.58. The zero-order chi connectivity index (χ0) is 20.3. The third kappa shape index (κ3) is 3.98. The molecule has 28 heavy (non-hydrogen) atoms. The van der Waals surface area contributed by atoms with Crippen molar-refractivity contribution in [3.05, 3.63) is 64.6 Å². The van der Waals surface area contributed by atoms with Crippen LogP contribution in [0.15, 0.2) is 42.2 Å². The lowest BCUT2D eigenvalue weighted by molar-refractivity contribution is -0.142. The van der Waals surface area contributed by atoms with E-state index in [0.29, 0.717) is 36.3 Å². The van der Waals surface area contributed by atoms with Gasteiger partial charge in [0.2, 0.25) is 5.78 Å². The first kappa shape index (κ1) is 19.4. The van der Waals surface area contributed by atoms with Crippen molar-refractivity contribution in [1.29, 1.82) is 0 Å². The quantitative estimate of drug-likeness (QED) is 0.714. The molecule has 0 saturated heterocycles. The predicted octanol–water partition coefficient (Wildman–Crippen LogP) is 2.37. The van der Waals surface area contributed by atoms with E-state index in [0.717, 1.165) is 5.56 Å². The van der Waals surface area contributed by atoms with E-state index in [4.69, 9.17) is 4.74 Å². The van der Waals surface area contributed by atoms with Crippen molar-refractivity contribution in [2.24, 2.45) is 0 Å². The molecule has 1 aliphatic rings. The summed E-state index contributed by atoms with van der Waals surface area (Å²) in [4.78, 5) is 36.7. The summed E-state index contributed by atoms with van der Waals surface area (Å²) in [5.74, 6) is -0.781. The van der Waals surface area contributed by atoms with Gasteiger partial charge in [-0.25, -0.2) is 0 Å². The standard InChI is InChI=1S/C21H22N2O5/c1-3-23-11-15(12-28-13(2)24)19-18(26)10-17(21(27)20(19)23)22-9-8-14-4-6-16(25)7-5-14/h4-7,10-11,22,25H,3,8-9,12H2,1-2H3. The number of carbonyl (C=O) groups excluding carboxylic acids is 3. The lowest BCUT2D eigenvalue weighted by Gasteiger charge is -2.17. The van der Waals surface area contributed by atoms with Crippen LogP contribution in [0.4, 0.5) is 0 Å². The molecule has 7 heteroatoms. The first-order valence-corrected chi connectivity index (χ1v) is 9.08. The minimum Gasteiger partial charge on any atom is -0.508 e. The number of esters is 1. The molecule has 1 aromatic carbocycles. The van der Waals surface area contributed by atoms with E-state index >= 15 is 0 Å². The fraction of sp³-hybridized carbons (Fsp3) is 0.286. The lowest BCUT2D eigenvalue weighted by atomic mass is 9.96. The molecule has 0 fully saturated rings. The van der Waals surface area contributed by atoms with Crippen LogP contribution in [0.2, 0.25) is 0 Å². The highest BCUT2D eigenvalue weighted by molar-refractivity contribution is 6.24. The van der Waals surface area contributed by atoms with Crippen LogP contribution in [0.5, 0.6) is 5.75 Å². The number of hydrogen-bond donors (Lipinski definition) is 2. The van der Waals surface area contributed by atoms with Gasteiger partial charge >= 0.3 is 5.97 Å². The van der Waals surface area contributed by atoms with Crippen LogP contribution < -0.4 is 5.32 Å². The Bertz CT molecular complexity index is 954. The van der Waals surface area contributed by atoms with Gasteiger partial charge in [0.1, 0.15) is 18.1 Å². The molecule has 0 saturated carbocycles. The highest BCUT2D eigenvalue weighted by atomic mass is 16.5. The van der Waals surface area contributed by atoms with Crippen LogP contribution >= 0.6 is 0 Å². The molecule has 2 aromatic rings. The summed E-state index contributed by atoms with van der Waals surface area (Å²) in [7, 11) is 0. The van der Waals surface area contributed by atoms with E-state index in [2.05, 4.69) is 5.32 Å². The van der Waals surface area contributed by atoms with Crippen molar-refractivity contribution in [3.63, 3.8) is 0 Å². The maximum Gasteiger partial charge on any atom is 0.302 e. The molecule has 0 spiro atoms. The molecule has 146 valence electrons. The minimum absolute atomic E-state index is 0.0405. The number of phenolic OH excluding ortho intramolecular Hbond substituents is 1. The molecule has 1 aliphatic carbocycles. The van der Waals surface area contributed by atoms with E-state index in [1.165, 1.54) is 13.0 Å². The van der Waals surface area contributed by atoms with E-state index in [9.17, 15) is 19.5 Å². The zero-order valence-electron chi connectivity index (χ0n) is 15.8. The van der Waals surface area contributed by atoms with Crippen molar-refractivity contribution in [1.82, 2.24) is 9.88 Å². The van der Waals surface area contributed by atoms with E-state index in [1.54, 1.807) is 35.0 Å². The Morgan fingerprint density at radius 1 is 1.21 bits per heavy atom. The number of aryl methyl sites for hydroxylation is 1. The van der Waals surface area contributed by atoms with Gasteiger partial charge in [0.25, 0.3) is 0 Å². The molecule has 0 amide bonds. The second-order valence-corrected chi connectivity index (χ2v) is 6.54. The fourth-order valence-electron chi connectivity index (χ4n) is 3.20. The van der Waals surface area contributed by atoms with Gasteiger partial charge in [0, 0.05) is 37.8 Å². The van der Waals surface area contributed by atoms with Gasteiger partial charge in [-0.3, -0.25) is 14.4 Å². The maximum atomic E-state index is 12.9. The number of aromatic hydroxyl groups is 1. The van der Waals surface area contributed by atoms with Crippen LogP contribution in [-0.4, -0.2) is 33.8 Å². The van der Waals surface area contributed by atoms with E-state index < -0.39 is 5.97 Å². The molecule has 3 rings (SSSR count). The fourth-order valence-corrected chi connectivity index (χ4v) is 3.20. The molecule has 0 bridgehead atoms. The lowest BCUT2D eigenvalue weighted by Crippen LogP contribution is -2.29. The highest BCUT2D eigenvalue weighted by Gasteiger charge is 2.32. The minimum atomic E-state index is -0.445. The number of ketones is 2. The summed E-state index contributed by atoms with van der Waals surface area (Å²) < 4.78 is 6.73. The molecule has 0 radical (unpaired) electrons. The summed E-state index contributed by atoms with van der Waals surface area (Å²) in [6.07, 6.45) is 3.63. The summed E-state index contributed by atoms with van der Waals surface area (Å²) in [5, 5.41) is 12.4. The SMILES string of the molecule is CCn1cc(COC(C)=O)c2c1C(=O)C(NCCc1ccc(O)cc1)=CC2=O. The van der Waals surface area contributed by atoms with Crippen LogP contribution in [0.1, 0.15) is 45.8 Å². The van der Waals surface area contributed by atoms with Crippen LogP contribution in [0, 0.1) is 0 Å². The van der Waals surface area contributed by atoms with Gasteiger partial charge in [-0.1, -0.05) is 12.1 Å². The predicted molar refractivity (Wildman–Crippen MR) is 102 cm³/mol. The largest absolute Gasteiger partial charge is 0.508 e. The number of hydrogen-bond acceptors (Lipinski definition) is 6. The number of benzene rings is 1. The molecular weight excluding hydrogens is 360 g/mol. The molecule has 1 heterocycles. The van der Waals surface area contributed by atoms with E-state index in [-0.39, 0.29) is 29.6 Å². The highest BCUT2D eigenvalue weighted by Crippen LogP contribution is 2.26. The first-order valence-electron chi connectivity index (χ1n) is 9.08. The number of nitrogens with one attached hydrogen (secondary N) is 1. The Balaban J connectivity index is 1.76. The van der Waals surface area contributed by atoms with Crippen molar-refractivity contribution in [2.75, 3.05) is 6.54 Å². The van der Waals surface area contributed by atoms with Crippen molar-refractivity contribution in [2.45, 2.75) is 33.4 Å². The first-order chi connectivity index (χ1) is 13.4. The van der Waals surface area contributed by atoms with Crippen LogP contribution in [-0.2, 0) is 29.1 Å². The number of fused-ring (bicyclic) bond motifs is 1. The summed E-state index contributed by atoms with van der Waals surface area (Å²) in [5.41, 5.74) is 2.41. The Morgan fingerprint density at radius 2 is 1.93 bits per heavy atom. The number of aromatic nitrogens is 1. The molecule has 1 aromatic heterocycles. The Kier molecular flexibility index (Phi) is 5.63. The van der Waals surface area contributed by atoms with Gasteiger partial charge in [-0.15, -0.1) is 0 Å². The number of Topliss-reactive ketones (excluding diaryl/α,β-unsaturated/α-hetero) is 1. The summed E-state index contributed by atoms with van der Waals surface area (Å²) in [6.45, 7) is 4.12. The number of ether oxygens (including phenoxy) is 1. The smallest absolute Gasteiger partial charge is 0.302 e. The van der Waals surface area contributed by atoms with Gasteiger partial charge < -0.3 is 19.7 Å². The van der Waals surface area contributed by atoms with Crippen LogP contribution in [0.25, 0.3) is 0 Å². The molecule has 0 atom stereocenters. The van der Waals surface area contributed by atoms with Crippen molar-refractivity contribution >= 4 is 17.5 Å². The topological polar surface area (TPSA) is 97.6 Å². The normalized spacial score (nSPS) is 13.1. The third-order valence-electron chi connectivity index (χ3n) is 4.58. The molecule has 2 N–H and O–H groups in total. The zero-order valence-corrected chi connectivity index (χ0v) is 15.8. The number of rotatable bonds is 7. The summed E-state index contributed by atoms with van der Waals surface area (Å²) in [6, 6.07) is 6.83. The van der Waals surface area contributed by atoms with Crippen molar-refractivity contribution in [3.8, 4) is 5.75 Å². The molecule has 7 nitrogen and oxygen atoms in total. The molecular formula is C21H22N2O5. The number of phenols is 1. The van der Waals surface area contributed by atoms with E-state index in [1.807, 2.05) is 6.92 Å².